The van der Waals surface area contributed by atoms with Crippen LogP contribution in [0.4, 0.5) is 0 Å². The second kappa shape index (κ2) is 3.84. The molecule has 2 fully saturated rings. The summed E-state index contributed by atoms with van der Waals surface area (Å²) in [5.41, 5.74) is 0.566. The van der Waals surface area contributed by atoms with Gasteiger partial charge in [0.05, 0.1) is 0 Å². The summed E-state index contributed by atoms with van der Waals surface area (Å²) in [6.07, 6.45) is 8.72. The maximum absolute atomic E-state index is 2.79. The molecule has 1 saturated carbocycles. The average molecular weight is 195 g/mol. The molecule has 0 radical (unpaired) electrons. The zero-order chi connectivity index (χ0) is 10.2. The quantitative estimate of drug-likeness (QED) is 0.619. The Kier molecular flexibility index (Phi) is 2.88. The van der Waals surface area contributed by atoms with Crippen LogP contribution < -0.4 is 0 Å². The first kappa shape index (κ1) is 10.5. The van der Waals surface area contributed by atoms with Crippen molar-refractivity contribution in [3.63, 3.8) is 0 Å². The van der Waals surface area contributed by atoms with Crippen LogP contribution in [0.25, 0.3) is 0 Å². The van der Waals surface area contributed by atoms with Gasteiger partial charge in [0.2, 0.25) is 0 Å². The first-order valence-electron chi connectivity index (χ1n) is 6.34. The molecule has 0 spiro atoms. The monoisotopic (exact) mass is 195 g/mol. The van der Waals surface area contributed by atoms with E-state index in [2.05, 4.69) is 25.7 Å². The first-order chi connectivity index (χ1) is 6.58. The van der Waals surface area contributed by atoms with Crippen LogP contribution in [0.15, 0.2) is 0 Å². The van der Waals surface area contributed by atoms with E-state index < -0.39 is 0 Å². The van der Waals surface area contributed by atoms with Gasteiger partial charge < -0.3 is 0 Å². The van der Waals surface area contributed by atoms with Crippen molar-refractivity contribution in [3.05, 3.63) is 0 Å². The largest absolute Gasteiger partial charge is 0.297 e. The molecule has 0 aromatic rings. The minimum absolute atomic E-state index is 0.566. The maximum atomic E-state index is 2.79. The Labute approximate surface area is 88.9 Å². The van der Waals surface area contributed by atoms with Gasteiger partial charge in [-0.3, -0.25) is 4.90 Å². The van der Waals surface area contributed by atoms with Crippen LogP contribution in [-0.4, -0.2) is 23.5 Å². The molecule has 1 unspecified atom stereocenters. The fourth-order valence-corrected chi connectivity index (χ4v) is 3.53. The van der Waals surface area contributed by atoms with Crippen molar-refractivity contribution < 1.29 is 0 Å². The molecule has 2 aliphatic rings. The van der Waals surface area contributed by atoms with E-state index in [1.54, 1.807) is 0 Å². The second-order valence-corrected chi connectivity index (χ2v) is 6.18. The van der Waals surface area contributed by atoms with Gasteiger partial charge in [-0.2, -0.15) is 0 Å². The van der Waals surface area contributed by atoms with Crippen LogP contribution >= 0.6 is 0 Å². The highest BCUT2D eigenvalue weighted by molar-refractivity contribution is 4.92. The smallest absolute Gasteiger partial charge is 0.00983 e. The maximum Gasteiger partial charge on any atom is 0.00983 e. The highest BCUT2D eigenvalue weighted by Crippen LogP contribution is 2.37. The molecule has 14 heavy (non-hydrogen) atoms. The zero-order valence-corrected chi connectivity index (χ0v) is 10.1. The van der Waals surface area contributed by atoms with E-state index in [9.17, 15) is 0 Å². The minimum Gasteiger partial charge on any atom is -0.297 e. The minimum atomic E-state index is 0.566. The van der Waals surface area contributed by atoms with E-state index in [1.807, 2.05) is 0 Å². The summed E-state index contributed by atoms with van der Waals surface area (Å²) in [4.78, 5) is 2.79. The van der Waals surface area contributed by atoms with E-state index in [-0.39, 0.29) is 0 Å². The Bertz CT molecular complexity index is 191. The van der Waals surface area contributed by atoms with Crippen LogP contribution in [0.2, 0.25) is 0 Å². The summed E-state index contributed by atoms with van der Waals surface area (Å²) in [6.45, 7) is 8.60. The van der Waals surface area contributed by atoms with Crippen molar-refractivity contribution in [2.24, 2.45) is 5.41 Å². The Morgan fingerprint density at radius 1 is 1.07 bits per heavy atom. The predicted octanol–water partition coefficient (Wildman–Crippen LogP) is 3.44. The number of hydrogen-bond donors (Lipinski definition) is 0. The van der Waals surface area contributed by atoms with Gasteiger partial charge >= 0.3 is 0 Å². The van der Waals surface area contributed by atoms with Gasteiger partial charge in [0.15, 0.2) is 0 Å². The van der Waals surface area contributed by atoms with Gasteiger partial charge in [0.1, 0.15) is 0 Å². The lowest BCUT2D eigenvalue weighted by molar-refractivity contribution is 0.142. The topological polar surface area (TPSA) is 3.24 Å². The van der Waals surface area contributed by atoms with Crippen molar-refractivity contribution in [1.29, 1.82) is 0 Å². The summed E-state index contributed by atoms with van der Waals surface area (Å²) in [5, 5.41) is 0. The first-order valence-corrected chi connectivity index (χ1v) is 6.34. The van der Waals surface area contributed by atoms with Gasteiger partial charge in [0.25, 0.3) is 0 Å². The number of likely N-dealkylation sites (tertiary alicyclic amines) is 1. The van der Waals surface area contributed by atoms with Gasteiger partial charge in [-0.25, -0.2) is 0 Å². The molecule has 1 heterocycles. The van der Waals surface area contributed by atoms with Crippen molar-refractivity contribution in [2.45, 2.75) is 71.4 Å². The van der Waals surface area contributed by atoms with E-state index in [1.165, 1.54) is 45.1 Å². The van der Waals surface area contributed by atoms with Gasteiger partial charge in [0, 0.05) is 18.6 Å². The lowest BCUT2D eigenvalue weighted by Crippen LogP contribution is -2.39. The molecule has 1 heteroatoms. The van der Waals surface area contributed by atoms with Crippen molar-refractivity contribution in [2.75, 3.05) is 6.54 Å². The molecule has 0 aromatic carbocycles. The van der Waals surface area contributed by atoms with Crippen LogP contribution in [-0.2, 0) is 0 Å². The molecule has 1 nitrogen and oxygen atoms in total. The van der Waals surface area contributed by atoms with Gasteiger partial charge in [-0.1, -0.05) is 33.1 Å². The lowest BCUT2D eigenvalue weighted by atomic mass is 9.91. The van der Waals surface area contributed by atoms with Crippen molar-refractivity contribution in [3.8, 4) is 0 Å². The van der Waals surface area contributed by atoms with E-state index in [4.69, 9.17) is 0 Å². The number of rotatable bonds is 1. The van der Waals surface area contributed by atoms with Crippen LogP contribution in [0, 0.1) is 5.41 Å². The normalized spacial score (nSPS) is 34.9. The predicted molar refractivity (Wildman–Crippen MR) is 61.4 cm³/mol. The molecular weight excluding hydrogens is 170 g/mol. The Morgan fingerprint density at radius 2 is 1.71 bits per heavy atom. The lowest BCUT2D eigenvalue weighted by Gasteiger charge is -2.34. The Balaban J connectivity index is 1.97. The Hall–Kier alpha value is -0.0400. The van der Waals surface area contributed by atoms with Gasteiger partial charge in [-0.15, -0.1) is 0 Å². The standard InChI is InChI=1S/C13H25N/c1-11-9-13(2,3)10-14(11)12-7-5-4-6-8-12/h11-12H,4-10H2,1-3H3. The molecular formula is C13H25N. The molecule has 82 valence electrons. The van der Waals surface area contributed by atoms with Crippen LogP contribution in [0.3, 0.4) is 0 Å². The van der Waals surface area contributed by atoms with Crippen molar-refractivity contribution in [1.82, 2.24) is 4.90 Å². The van der Waals surface area contributed by atoms with E-state index in [0.29, 0.717) is 5.41 Å². The van der Waals surface area contributed by atoms with Crippen LogP contribution in [0.5, 0.6) is 0 Å². The SMILES string of the molecule is CC1CC(C)(C)CN1C1CCCCC1. The van der Waals surface area contributed by atoms with Crippen molar-refractivity contribution >= 4 is 0 Å². The molecule has 1 aliphatic heterocycles. The summed E-state index contributed by atoms with van der Waals surface area (Å²) in [6, 6.07) is 1.74. The van der Waals surface area contributed by atoms with Gasteiger partial charge in [-0.05, 0) is 31.6 Å². The summed E-state index contributed by atoms with van der Waals surface area (Å²) >= 11 is 0. The Morgan fingerprint density at radius 3 is 2.21 bits per heavy atom. The third kappa shape index (κ3) is 2.13. The molecule has 1 atom stereocenters. The van der Waals surface area contributed by atoms with E-state index >= 15 is 0 Å². The third-order valence-corrected chi connectivity index (χ3v) is 4.07. The highest BCUT2D eigenvalue weighted by Gasteiger charge is 2.38. The molecule has 0 bridgehead atoms. The molecule has 1 aliphatic carbocycles. The molecule has 0 amide bonds. The number of hydrogen-bond acceptors (Lipinski definition) is 1. The average Bonchev–Trinajstić information content (AvgIpc) is 2.41. The summed E-state index contributed by atoms with van der Waals surface area (Å²) in [5.74, 6) is 0. The molecule has 2 rings (SSSR count). The summed E-state index contributed by atoms with van der Waals surface area (Å²) < 4.78 is 0. The second-order valence-electron chi connectivity index (χ2n) is 6.18. The molecule has 1 saturated heterocycles. The fraction of sp³-hybridized carbons (Fsp3) is 1.00. The highest BCUT2D eigenvalue weighted by atomic mass is 15.2. The van der Waals surface area contributed by atoms with E-state index in [0.717, 1.165) is 12.1 Å². The summed E-state index contributed by atoms with van der Waals surface area (Å²) in [7, 11) is 0. The molecule has 0 aromatic heterocycles. The van der Waals surface area contributed by atoms with Crippen LogP contribution in [0.1, 0.15) is 59.3 Å². The fourth-order valence-electron chi connectivity index (χ4n) is 3.53. The third-order valence-electron chi connectivity index (χ3n) is 4.07. The number of nitrogens with zero attached hydrogens (tertiary/aromatic N) is 1. The molecule has 0 N–H and O–H groups in total. The zero-order valence-electron chi connectivity index (χ0n) is 10.1.